The Morgan fingerprint density at radius 1 is 1.38 bits per heavy atom. The van der Waals surface area contributed by atoms with Crippen LogP contribution in [-0.2, 0) is 0 Å². The van der Waals surface area contributed by atoms with Gasteiger partial charge in [0.2, 0.25) is 0 Å². The number of carbonyl (C=O) groups is 1. The van der Waals surface area contributed by atoms with Gasteiger partial charge in [0.1, 0.15) is 11.4 Å². The van der Waals surface area contributed by atoms with Crippen LogP contribution >= 0.6 is 11.6 Å². The predicted molar refractivity (Wildman–Crippen MR) is 79.5 cm³/mol. The first-order valence-electron chi connectivity index (χ1n) is 6.05. The van der Waals surface area contributed by atoms with E-state index < -0.39 is 5.91 Å². The number of hydrogen-bond donors (Lipinski definition) is 3. The van der Waals surface area contributed by atoms with Crippen LogP contribution in [0, 0.1) is 0 Å². The minimum Gasteiger partial charge on any atom is -0.396 e. The lowest BCUT2D eigenvalue weighted by atomic mass is 10.2. The number of benzene rings is 1. The van der Waals surface area contributed by atoms with Crippen molar-refractivity contribution in [3.63, 3.8) is 0 Å². The second-order valence-electron chi connectivity index (χ2n) is 4.24. The highest BCUT2D eigenvalue weighted by Gasteiger charge is 2.16. The van der Waals surface area contributed by atoms with Crippen molar-refractivity contribution in [2.24, 2.45) is 0 Å². The van der Waals surface area contributed by atoms with Crippen molar-refractivity contribution in [2.45, 2.75) is 0 Å². The molecule has 0 aliphatic heterocycles. The Morgan fingerprint density at radius 3 is 2.90 bits per heavy atom. The Hall–Kier alpha value is -2.80. The number of nitrogens with one attached hydrogen (secondary N) is 2. The molecule has 1 amide bonds. The molecule has 0 aliphatic carbocycles. The molecule has 1 aromatic carbocycles. The molecule has 0 saturated heterocycles. The van der Waals surface area contributed by atoms with Gasteiger partial charge < -0.3 is 11.1 Å². The van der Waals surface area contributed by atoms with E-state index in [9.17, 15) is 4.79 Å². The molecule has 0 radical (unpaired) electrons. The molecule has 2 aromatic heterocycles. The van der Waals surface area contributed by atoms with E-state index in [1.807, 2.05) is 0 Å². The number of aromatic nitrogens is 4. The monoisotopic (exact) mass is 302 g/mol. The van der Waals surface area contributed by atoms with Crippen molar-refractivity contribution in [1.82, 2.24) is 20.0 Å². The van der Waals surface area contributed by atoms with E-state index in [2.05, 4.69) is 20.6 Å². The number of halogens is 1. The van der Waals surface area contributed by atoms with Crippen LogP contribution in [0.1, 0.15) is 10.5 Å². The Balaban J connectivity index is 1.98. The van der Waals surface area contributed by atoms with E-state index >= 15 is 0 Å². The molecule has 106 valence electrons. The fraction of sp³-hybridized carbons (Fsp3) is 0. The van der Waals surface area contributed by atoms with E-state index in [1.54, 1.807) is 41.3 Å². The summed E-state index contributed by atoms with van der Waals surface area (Å²) in [7, 11) is 0. The minimum absolute atomic E-state index is 0.196. The maximum Gasteiger partial charge on any atom is 0.275 e. The summed E-state index contributed by atoms with van der Waals surface area (Å²) in [5.74, 6) is -0.402. The first kappa shape index (κ1) is 13.2. The zero-order valence-electron chi connectivity index (χ0n) is 10.7. The Kier molecular flexibility index (Phi) is 3.33. The Labute approximate surface area is 124 Å². The molecule has 0 saturated carbocycles. The lowest BCUT2D eigenvalue weighted by Gasteiger charge is -2.12. The zero-order valence-corrected chi connectivity index (χ0v) is 11.5. The number of nitrogens with zero attached hydrogens (tertiary/aromatic N) is 3. The maximum absolute atomic E-state index is 12.2. The molecule has 0 bridgehead atoms. The highest BCUT2D eigenvalue weighted by molar-refractivity contribution is 6.33. The summed E-state index contributed by atoms with van der Waals surface area (Å²) >= 11 is 6.20. The van der Waals surface area contributed by atoms with Crippen LogP contribution in [0.2, 0.25) is 5.02 Å². The Bertz CT molecular complexity index is 780. The highest BCUT2D eigenvalue weighted by Crippen LogP contribution is 2.28. The maximum atomic E-state index is 12.2. The number of aromatic amines is 1. The molecule has 0 unspecified atom stereocenters. The average molecular weight is 303 g/mol. The van der Waals surface area contributed by atoms with Crippen LogP contribution in [0.4, 0.5) is 11.4 Å². The molecule has 21 heavy (non-hydrogen) atoms. The first-order valence-corrected chi connectivity index (χ1v) is 6.43. The van der Waals surface area contributed by atoms with Gasteiger partial charge >= 0.3 is 0 Å². The molecular weight excluding hydrogens is 292 g/mol. The number of amides is 1. The van der Waals surface area contributed by atoms with Crippen LogP contribution in [-0.4, -0.2) is 25.9 Å². The van der Waals surface area contributed by atoms with Gasteiger partial charge in [0.15, 0.2) is 0 Å². The van der Waals surface area contributed by atoms with E-state index in [0.717, 1.165) is 0 Å². The molecule has 2 heterocycles. The first-order chi connectivity index (χ1) is 10.2. The lowest BCUT2D eigenvalue weighted by Crippen LogP contribution is -2.16. The molecule has 0 spiro atoms. The summed E-state index contributed by atoms with van der Waals surface area (Å²) in [5.41, 5.74) is 7.23. The lowest BCUT2D eigenvalue weighted by molar-refractivity contribution is 0.102. The summed E-state index contributed by atoms with van der Waals surface area (Å²) in [6.07, 6.45) is 4.74. The SMILES string of the molecule is Nc1cn[nH]c1C(=O)Nc1cccc(Cl)c1-n1cccn1. The number of nitrogen functional groups attached to an aromatic ring is 1. The molecule has 7 nitrogen and oxygen atoms in total. The van der Waals surface area contributed by atoms with Crippen LogP contribution in [0.5, 0.6) is 0 Å². The molecule has 4 N–H and O–H groups in total. The smallest absolute Gasteiger partial charge is 0.275 e. The highest BCUT2D eigenvalue weighted by atomic mass is 35.5. The van der Waals surface area contributed by atoms with E-state index in [-0.39, 0.29) is 11.4 Å². The second kappa shape index (κ2) is 5.29. The normalized spacial score (nSPS) is 10.5. The topological polar surface area (TPSA) is 102 Å². The predicted octanol–water partition coefficient (Wildman–Crippen LogP) is 2.08. The van der Waals surface area contributed by atoms with Gasteiger partial charge in [0, 0.05) is 12.4 Å². The van der Waals surface area contributed by atoms with Gasteiger partial charge in [-0.05, 0) is 18.2 Å². The summed E-state index contributed by atoms with van der Waals surface area (Å²) in [6, 6.07) is 6.95. The minimum atomic E-state index is -0.402. The standard InChI is InChI=1S/C13H11ClN6O/c14-8-3-1-4-10(12(8)20-6-2-5-17-20)18-13(21)11-9(15)7-16-19-11/h1-7H,15H2,(H,16,19)(H,18,21). The van der Waals surface area contributed by atoms with Crippen LogP contribution in [0.3, 0.4) is 0 Å². The summed E-state index contributed by atoms with van der Waals surface area (Å²) in [6.45, 7) is 0. The number of anilines is 2. The number of hydrogen-bond acceptors (Lipinski definition) is 4. The third-order valence-electron chi connectivity index (χ3n) is 2.86. The van der Waals surface area contributed by atoms with E-state index in [0.29, 0.717) is 16.4 Å². The molecule has 0 atom stereocenters. The quantitative estimate of drug-likeness (QED) is 0.689. The van der Waals surface area contributed by atoms with Gasteiger partial charge in [-0.25, -0.2) is 4.68 Å². The van der Waals surface area contributed by atoms with Crippen molar-refractivity contribution in [3.8, 4) is 5.69 Å². The van der Waals surface area contributed by atoms with E-state index in [1.165, 1.54) is 6.20 Å². The van der Waals surface area contributed by atoms with Gasteiger partial charge in [-0.1, -0.05) is 17.7 Å². The fourth-order valence-electron chi connectivity index (χ4n) is 1.91. The van der Waals surface area contributed by atoms with Crippen LogP contribution < -0.4 is 11.1 Å². The van der Waals surface area contributed by atoms with Gasteiger partial charge in [-0.3, -0.25) is 9.89 Å². The molecule has 0 fully saturated rings. The largest absolute Gasteiger partial charge is 0.396 e. The number of rotatable bonds is 3. The number of nitrogens with two attached hydrogens (primary N) is 1. The van der Waals surface area contributed by atoms with Crippen molar-refractivity contribution in [1.29, 1.82) is 0 Å². The number of para-hydroxylation sites is 1. The molecular formula is C13H11ClN6O. The van der Waals surface area contributed by atoms with Crippen molar-refractivity contribution < 1.29 is 4.79 Å². The van der Waals surface area contributed by atoms with Crippen molar-refractivity contribution >= 4 is 28.9 Å². The van der Waals surface area contributed by atoms with Crippen molar-refractivity contribution in [3.05, 3.63) is 53.6 Å². The second-order valence-corrected chi connectivity index (χ2v) is 4.65. The number of carbonyl (C=O) groups excluding carboxylic acids is 1. The Morgan fingerprint density at radius 2 is 2.24 bits per heavy atom. The third kappa shape index (κ3) is 2.46. The van der Waals surface area contributed by atoms with Crippen LogP contribution in [0.25, 0.3) is 5.69 Å². The average Bonchev–Trinajstić information content (AvgIpc) is 3.10. The summed E-state index contributed by atoms with van der Waals surface area (Å²) in [5, 5.41) is 13.6. The zero-order chi connectivity index (χ0) is 14.8. The van der Waals surface area contributed by atoms with Crippen molar-refractivity contribution in [2.75, 3.05) is 11.1 Å². The van der Waals surface area contributed by atoms with Gasteiger partial charge in [0.05, 0.1) is 22.6 Å². The molecule has 0 aliphatic rings. The third-order valence-corrected chi connectivity index (χ3v) is 3.17. The molecule has 8 heteroatoms. The molecule has 3 rings (SSSR count). The van der Waals surface area contributed by atoms with Gasteiger partial charge in [0.25, 0.3) is 5.91 Å². The molecule has 3 aromatic rings. The van der Waals surface area contributed by atoms with Gasteiger partial charge in [-0.15, -0.1) is 0 Å². The fourth-order valence-corrected chi connectivity index (χ4v) is 2.17. The van der Waals surface area contributed by atoms with Crippen LogP contribution in [0.15, 0.2) is 42.9 Å². The van der Waals surface area contributed by atoms with Gasteiger partial charge in [-0.2, -0.15) is 10.2 Å². The number of H-pyrrole nitrogens is 1. The van der Waals surface area contributed by atoms with E-state index in [4.69, 9.17) is 17.3 Å². The summed E-state index contributed by atoms with van der Waals surface area (Å²) < 4.78 is 1.58. The summed E-state index contributed by atoms with van der Waals surface area (Å²) in [4.78, 5) is 12.2.